The lowest BCUT2D eigenvalue weighted by Crippen LogP contribution is -2.39. The molecule has 0 radical (unpaired) electrons. The van der Waals surface area contributed by atoms with E-state index in [2.05, 4.69) is 0 Å². The molecule has 2 aromatic carbocycles. The van der Waals surface area contributed by atoms with Gasteiger partial charge in [0.25, 0.3) is 0 Å². The normalized spacial score (nSPS) is 16.4. The van der Waals surface area contributed by atoms with Crippen molar-refractivity contribution < 1.29 is 37.3 Å². The second-order valence-corrected chi connectivity index (χ2v) is 7.60. The fourth-order valence-electron chi connectivity index (χ4n) is 4.22. The lowest BCUT2D eigenvalue weighted by atomic mass is 9.90. The average Bonchev–Trinajstić information content (AvgIpc) is 2.78. The third kappa shape index (κ3) is 4.77. The SMILES string of the molecule is COc1ccc(C(c2cccc(C(F)(F)F)c2)N2CCC(C(=O)O)CC2)c(OC)c1OC. The first-order chi connectivity index (χ1) is 15.2. The van der Waals surface area contributed by atoms with Crippen molar-refractivity contribution in [2.75, 3.05) is 34.4 Å². The minimum Gasteiger partial charge on any atom is -0.493 e. The molecule has 1 aliphatic heterocycles. The maximum Gasteiger partial charge on any atom is 0.416 e. The number of likely N-dealkylation sites (tertiary alicyclic amines) is 1. The summed E-state index contributed by atoms with van der Waals surface area (Å²) >= 11 is 0. The number of piperidine rings is 1. The molecule has 0 spiro atoms. The van der Waals surface area contributed by atoms with Gasteiger partial charge in [-0.1, -0.05) is 12.1 Å². The Bertz CT molecular complexity index is 955. The Morgan fingerprint density at radius 3 is 2.22 bits per heavy atom. The first-order valence-electron chi connectivity index (χ1n) is 10.1. The van der Waals surface area contributed by atoms with Crippen LogP contribution in [0.4, 0.5) is 13.2 Å². The van der Waals surface area contributed by atoms with Crippen LogP contribution in [-0.2, 0) is 11.0 Å². The van der Waals surface area contributed by atoms with Crippen LogP contribution in [0, 0.1) is 5.92 Å². The lowest BCUT2D eigenvalue weighted by molar-refractivity contribution is -0.143. The first kappa shape index (κ1) is 23.7. The number of halogens is 3. The topological polar surface area (TPSA) is 68.2 Å². The molecule has 0 aliphatic carbocycles. The molecule has 1 fully saturated rings. The van der Waals surface area contributed by atoms with Crippen molar-refractivity contribution in [1.82, 2.24) is 4.90 Å². The molecule has 9 heteroatoms. The highest BCUT2D eigenvalue weighted by atomic mass is 19.4. The highest BCUT2D eigenvalue weighted by molar-refractivity contribution is 5.70. The van der Waals surface area contributed by atoms with E-state index in [9.17, 15) is 23.1 Å². The van der Waals surface area contributed by atoms with Crippen LogP contribution in [0.2, 0.25) is 0 Å². The molecule has 2 aromatic rings. The van der Waals surface area contributed by atoms with Crippen molar-refractivity contribution in [1.29, 1.82) is 0 Å². The summed E-state index contributed by atoms with van der Waals surface area (Å²) in [7, 11) is 4.40. The molecule has 6 nitrogen and oxygen atoms in total. The van der Waals surface area contributed by atoms with E-state index in [0.717, 1.165) is 12.1 Å². The quantitative estimate of drug-likeness (QED) is 0.660. The van der Waals surface area contributed by atoms with Crippen molar-refractivity contribution in [3.05, 3.63) is 53.1 Å². The zero-order valence-corrected chi connectivity index (χ0v) is 18.1. The monoisotopic (exact) mass is 453 g/mol. The highest BCUT2D eigenvalue weighted by Crippen LogP contribution is 2.46. The number of nitrogens with zero attached hydrogens (tertiary/aromatic N) is 1. The van der Waals surface area contributed by atoms with Gasteiger partial charge in [-0.05, 0) is 55.8 Å². The van der Waals surface area contributed by atoms with E-state index in [-0.39, 0.29) is 0 Å². The molecule has 1 atom stereocenters. The Hall–Kier alpha value is -2.94. The van der Waals surface area contributed by atoms with Crippen LogP contribution in [-0.4, -0.2) is 50.4 Å². The molecule has 32 heavy (non-hydrogen) atoms. The first-order valence-corrected chi connectivity index (χ1v) is 10.1. The number of carbonyl (C=O) groups is 1. The fourth-order valence-corrected chi connectivity index (χ4v) is 4.22. The van der Waals surface area contributed by atoms with Crippen molar-refractivity contribution in [2.45, 2.75) is 25.1 Å². The van der Waals surface area contributed by atoms with Gasteiger partial charge >= 0.3 is 12.1 Å². The van der Waals surface area contributed by atoms with E-state index in [4.69, 9.17) is 14.2 Å². The molecular weight excluding hydrogens is 427 g/mol. The third-order valence-corrected chi connectivity index (χ3v) is 5.80. The van der Waals surface area contributed by atoms with Crippen molar-refractivity contribution in [3.8, 4) is 17.2 Å². The molecular formula is C23H26F3NO5. The van der Waals surface area contributed by atoms with Gasteiger partial charge in [0.15, 0.2) is 11.5 Å². The number of alkyl halides is 3. The van der Waals surface area contributed by atoms with Crippen molar-refractivity contribution >= 4 is 5.97 Å². The van der Waals surface area contributed by atoms with E-state index >= 15 is 0 Å². The van der Waals surface area contributed by atoms with Gasteiger partial charge in [0.2, 0.25) is 5.75 Å². The molecule has 0 amide bonds. The van der Waals surface area contributed by atoms with Gasteiger partial charge in [-0.25, -0.2) is 0 Å². The van der Waals surface area contributed by atoms with Crippen molar-refractivity contribution in [2.24, 2.45) is 5.92 Å². The molecule has 1 aliphatic rings. The minimum absolute atomic E-state index is 0.338. The summed E-state index contributed by atoms with van der Waals surface area (Å²) in [6.07, 6.45) is -3.68. The number of hydrogen-bond donors (Lipinski definition) is 1. The maximum atomic E-state index is 13.4. The van der Waals surface area contributed by atoms with Gasteiger partial charge < -0.3 is 19.3 Å². The number of ether oxygens (including phenoxy) is 3. The Morgan fingerprint density at radius 2 is 1.69 bits per heavy atom. The van der Waals surface area contributed by atoms with Crippen LogP contribution >= 0.6 is 0 Å². The summed E-state index contributed by atoms with van der Waals surface area (Å²) in [5.74, 6) is -0.204. The van der Waals surface area contributed by atoms with Crippen LogP contribution in [0.5, 0.6) is 17.2 Å². The van der Waals surface area contributed by atoms with Crippen LogP contribution in [0.15, 0.2) is 36.4 Å². The van der Waals surface area contributed by atoms with E-state index < -0.39 is 29.7 Å². The second kappa shape index (κ2) is 9.68. The smallest absolute Gasteiger partial charge is 0.416 e. The summed E-state index contributed by atoms with van der Waals surface area (Å²) in [4.78, 5) is 13.4. The second-order valence-electron chi connectivity index (χ2n) is 7.60. The molecule has 1 unspecified atom stereocenters. The molecule has 174 valence electrons. The van der Waals surface area contributed by atoms with E-state index in [0.29, 0.717) is 54.3 Å². The molecule has 3 rings (SSSR count). The van der Waals surface area contributed by atoms with Gasteiger partial charge in [-0.2, -0.15) is 13.2 Å². The standard InChI is InChI=1S/C23H26F3NO5/c1-30-18-8-7-17(20(31-2)21(18)32-3)19(27-11-9-14(10-12-27)22(28)29)15-5-4-6-16(13-15)23(24,25)26/h4-8,13-14,19H,9-12H2,1-3H3,(H,28,29). The molecule has 1 N–H and O–H groups in total. The maximum absolute atomic E-state index is 13.4. The third-order valence-electron chi connectivity index (χ3n) is 5.80. The van der Waals surface area contributed by atoms with Gasteiger partial charge in [0.05, 0.1) is 38.9 Å². The van der Waals surface area contributed by atoms with E-state index in [1.807, 2.05) is 4.90 Å². The van der Waals surface area contributed by atoms with Crippen LogP contribution in [0.1, 0.15) is 35.6 Å². The van der Waals surface area contributed by atoms with Crippen LogP contribution in [0.25, 0.3) is 0 Å². The fraction of sp³-hybridized carbons (Fsp3) is 0.435. The summed E-state index contributed by atoms with van der Waals surface area (Å²) in [6, 6.07) is 8.01. The van der Waals surface area contributed by atoms with E-state index in [1.165, 1.54) is 27.4 Å². The number of carboxylic acids is 1. The number of benzene rings is 2. The van der Waals surface area contributed by atoms with Gasteiger partial charge in [-0.15, -0.1) is 0 Å². The van der Waals surface area contributed by atoms with Gasteiger partial charge in [0, 0.05) is 5.56 Å². The summed E-state index contributed by atoms with van der Waals surface area (Å²) in [5.41, 5.74) is 0.289. The number of carboxylic acid groups (broad SMARTS) is 1. The number of rotatable bonds is 7. The Morgan fingerprint density at radius 1 is 1.03 bits per heavy atom. The molecule has 1 heterocycles. The van der Waals surface area contributed by atoms with Crippen molar-refractivity contribution in [3.63, 3.8) is 0 Å². The molecule has 0 bridgehead atoms. The van der Waals surface area contributed by atoms with Gasteiger partial charge in [0.1, 0.15) is 0 Å². The summed E-state index contributed by atoms with van der Waals surface area (Å²) in [5, 5.41) is 9.34. The Kier molecular flexibility index (Phi) is 7.18. The van der Waals surface area contributed by atoms with E-state index in [1.54, 1.807) is 18.2 Å². The zero-order chi connectivity index (χ0) is 23.5. The largest absolute Gasteiger partial charge is 0.493 e. The molecule has 0 saturated carbocycles. The van der Waals surface area contributed by atoms with Crippen LogP contribution in [0.3, 0.4) is 0 Å². The van der Waals surface area contributed by atoms with Crippen LogP contribution < -0.4 is 14.2 Å². The summed E-state index contributed by atoms with van der Waals surface area (Å²) < 4.78 is 56.7. The Balaban J connectivity index is 2.14. The zero-order valence-electron chi connectivity index (χ0n) is 18.1. The summed E-state index contributed by atoms with van der Waals surface area (Å²) in [6.45, 7) is 0.824. The molecule has 0 aromatic heterocycles. The Labute approximate surface area is 184 Å². The predicted octanol–water partition coefficient (Wildman–Crippen LogP) is 4.62. The number of hydrogen-bond acceptors (Lipinski definition) is 5. The van der Waals surface area contributed by atoms with Gasteiger partial charge in [-0.3, -0.25) is 9.69 Å². The number of aliphatic carboxylic acids is 1. The highest BCUT2D eigenvalue weighted by Gasteiger charge is 2.35. The number of methoxy groups -OCH3 is 3. The predicted molar refractivity (Wildman–Crippen MR) is 111 cm³/mol. The minimum atomic E-state index is -4.49. The molecule has 1 saturated heterocycles. The average molecular weight is 453 g/mol. The lowest BCUT2D eigenvalue weighted by Gasteiger charge is -2.38.